The second-order valence-corrected chi connectivity index (χ2v) is 6.91. The summed E-state index contributed by atoms with van der Waals surface area (Å²) in [5, 5.41) is 11.0. The molecule has 1 heterocycles. The molecule has 2 atom stereocenters. The second kappa shape index (κ2) is 5.68. The van der Waals surface area contributed by atoms with Gasteiger partial charge < -0.3 is 9.84 Å². The van der Waals surface area contributed by atoms with E-state index in [0.29, 0.717) is 17.2 Å². The van der Waals surface area contributed by atoms with Crippen LogP contribution >= 0.6 is 43.5 Å². The number of fused-ring (bicyclic) bond motifs is 1. The Hall–Kier alpha value is -0.550. The Morgan fingerprint density at radius 2 is 1.85 bits per heavy atom. The van der Waals surface area contributed by atoms with Crippen LogP contribution < -0.4 is 4.74 Å². The predicted octanol–water partition coefficient (Wildman–Crippen LogP) is 5.42. The number of rotatable bonds is 1. The van der Waals surface area contributed by atoms with Gasteiger partial charge in [0.1, 0.15) is 11.9 Å². The Balaban J connectivity index is 1.98. The Kier molecular flexibility index (Phi) is 4.09. The SMILES string of the molecule is O[C@H]1CC(c2ccc(Cl)cc2Br)Oc2cc(Br)ccc21. The first-order valence-corrected chi connectivity index (χ1v) is 8.10. The van der Waals surface area contributed by atoms with Gasteiger partial charge in [-0.3, -0.25) is 0 Å². The van der Waals surface area contributed by atoms with Crippen molar-refractivity contribution in [3.63, 3.8) is 0 Å². The lowest BCUT2D eigenvalue weighted by Gasteiger charge is -2.30. The molecule has 2 aromatic carbocycles. The predicted molar refractivity (Wildman–Crippen MR) is 86.2 cm³/mol. The van der Waals surface area contributed by atoms with Crippen molar-refractivity contribution in [2.24, 2.45) is 0 Å². The Morgan fingerprint density at radius 1 is 1.10 bits per heavy atom. The van der Waals surface area contributed by atoms with Crippen molar-refractivity contribution in [3.8, 4) is 5.75 Å². The lowest BCUT2D eigenvalue weighted by molar-refractivity contribution is 0.0653. The minimum Gasteiger partial charge on any atom is -0.485 e. The summed E-state index contributed by atoms with van der Waals surface area (Å²) in [7, 11) is 0. The Bertz CT molecular complexity index is 660. The zero-order valence-electron chi connectivity index (χ0n) is 10.3. The van der Waals surface area contributed by atoms with Crippen LogP contribution in [0.3, 0.4) is 0 Å². The topological polar surface area (TPSA) is 29.5 Å². The number of halogens is 3. The number of benzene rings is 2. The molecule has 104 valence electrons. The quantitative estimate of drug-likeness (QED) is 0.670. The zero-order chi connectivity index (χ0) is 14.3. The summed E-state index contributed by atoms with van der Waals surface area (Å²) in [6.07, 6.45) is -0.202. The highest BCUT2D eigenvalue weighted by Gasteiger charge is 2.29. The highest BCUT2D eigenvalue weighted by Crippen LogP contribution is 2.43. The molecule has 0 saturated carbocycles. The summed E-state index contributed by atoms with van der Waals surface area (Å²) >= 11 is 12.9. The van der Waals surface area contributed by atoms with Gasteiger partial charge in [0.2, 0.25) is 0 Å². The van der Waals surface area contributed by atoms with E-state index in [9.17, 15) is 5.11 Å². The summed E-state index contributed by atoms with van der Waals surface area (Å²) in [5.41, 5.74) is 1.81. The maximum Gasteiger partial charge on any atom is 0.128 e. The van der Waals surface area contributed by atoms with E-state index in [4.69, 9.17) is 16.3 Å². The van der Waals surface area contributed by atoms with E-state index in [-0.39, 0.29) is 6.10 Å². The number of aliphatic hydroxyl groups excluding tert-OH is 1. The molecule has 0 saturated heterocycles. The fourth-order valence-corrected chi connectivity index (χ4v) is 3.65. The third kappa shape index (κ3) is 2.75. The normalized spacial score (nSPS) is 21.2. The molecule has 2 nitrogen and oxygen atoms in total. The maximum atomic E-state index is 10.3. The monoisotopic (exact) mass is 416 g/mol. The smallest absolute Gasteiger partial charge is 0.128 e. The van der Waals surface area contributed by atoms with Crippen molar-refractivity contribution >= 4 is 43.5 Å². The van der Waals surface area contributed by atoms with Crippen LogP contribution in [0.15, 0.2) is 45.3 Å². The molecule has 5 heteroatoms. The van der Waals surface area contributed by atoms with E-state index in [1.54, 1.807) is 0 Å². The second-order valence-electron chi connectivity index (χ2n) is 4.71. The van der Waals surface area contributed by atoms with Gasteiger partial charge in [-0.15, -0.1) is 0 Å². The summed E-state index contributed by atoms with van der Waals surface area (Å²) in [6, 6.07) is 11.3. The van der Waals surface area contributed by atoms with Gasteiger partial charge in [0.15, 0.2) is 0 Å². The first-order valence-electron chi connectivity index (χ1n) is 6.13. The van der Waals surface area contributed by atoms with Crippen LogP contribution in [0.2, 0.25) is 5.02 Å². The van der Waals surface area contributed by atoms with E-state index < -0.39 is 6.10 Å². The van der Waals surface area contributed by atoms with Gasteiger partial charge in [-0.05, 0) is 24.3 Å². The van der Waals surface area contributed by atoms with Gasteiger partial charge in [0, 0.05) is 31.5 Å². The van der Waals surface area contributed by atoms with Crippen molar-refractivity contribution in [2.45, 2.75) is 18.6 Å². The van der Waals surface area contributed by atoms with Crippen LogP contribution in [0.25, 0.3) is 0 Å². The third-order valence-corrected chi connectivity index (χ3v) is 4.77. The van der Waals surface area contributed by atoms with E-state index in [2.05, 4.69) is 31.9 Å². The van der Waals surface area contributed by atoms with Gasteiger partial charge in [0.05, 0.1) is 6.10 Å². The summed E-state index contributed by atoms with van der Waals surface area (Å²) in [5.74, 6) is 0.713. The van der Waals surface area contributed by atoms with Crippen molar-refractivity contribution in [1.82, 2.24) is 0 Å². The summed E-state index contributed by atoms with van der Waals surface area (Å²) in [4.78, 5) is 0. The molecule has 0 aromatic heterocycles. The molecule has 0 spiro atoms. The highest BCUT2D eigenvalue weighted by atomic mass is 79.9. The fourth-order valence-electron chi connectivity index (χ4n) is 2.37. The third-order valence-electron chi connectivity index (χ3n) is 3.35. The minimum atomic E-state index is -0.528. The molecule has 0 amide bonds. The molecule has 1 aliphatic rings. The molecule has 0 fully saturated rings. The molecular weight excluding hydrogens is 407 g/mol. The molecule has 20 heavy (non-hydrogen) atoms. The van der Waals surface area contributed by atoms with Crippen molar-refractivity contribution < 1.29 is 9.84 Å². The van der Waals surface area contributed by atoms with Crippen LogP contribution in [0.4, 0.5) is 0 Å². The Labute approximate surface area is 139 Å². The molecular formula is C15H11Br2ClO2. The average Bonchev–Trinajstić information content (AvgIpc) is 2.37. The zero-order valence-corrected chi connectivity index (χ0v) is 14.2. The summed E-state index contributed by atoms with van der Waals surface area (Å²) in [6.45, 7) is 0. The van der Waals surface area contributed by atoms with Gasteiger partial charge in [-0.2, -0.15) is 0 Å². The molecule has 1 aliphatic heterocycles. The van der Waals surface area contributed by atoms with Crippen LogP contribution in [-0.2, 0) is 0 Å². The highest BCUT2D eigenvalue weighted by molar-refractivity contribution is 9.10. The molecule has 0 bridgehead atoms. The lowest BCUT2D eigenvalue weighted by Crippen LogP contribution is -2.19. The summed E-state index contributed by atoms with van der Waals surface area (Å²) < 4.78 is 7.85. The molecule has 1 unspecified atom stereocenters. The molecule has 3 rings (SSSR count). The molecule has 0 radical (unpaired) electrons. The van der Waals surface area contributed by atoms with Gasteiger partial charge in [-0.25, -0.2) is 0 Å². The van der Waals surface area contributed by atoms with Crippen LogP contribution in [0, 0.1) is 0 Å². The van der Waals surface area contributed by atoms with Crippen molar-refractivity contribution in [1.29, 1.82) is 0 Å². The Morgan fingerprint density at radius 3 is 2.60 bits per heavy atom. The first kappa shape index (κ1) is 14.4. The number of ether oxygens (including phenoxy) is 1. The average molecular weight is 419 g/mol. The van der Waals surface area contributed by atoms with E-state index in [0.717, 1.165) is 20.1 Å². The first-order chi connectivity index (χ1) is 9.54. The van der Waals surface area contributed by atoms with Crippen LogP contribution in [-0.4, -0.2) is 5.11 Å². The maximum absolute atomic E-state index is 10.3. The lowest BCUT2D eigenvalue weighted by atomic mass is 9.95. The standard InChI is InChI=1S/C15H11Br2ClO2/c16-8-1-3-11-13(19)7-15(20-14(11)5-8)10-4-2-9(18)6-12(10)17/h1-6,13,15,19H,7H2/t13-,15?/m0/s1. The number of hydrogen-bond acceptors (Lipinski definition) is 2. The fraction of sp³-hybridized carbons (Fsp3) is 0.200. The van der Waals surface area contributed by atoms with E-state index in [1.165, 1.54) is 0 Å². The van der Waals surface area contributed by atoms with Crippen LogP contribution in [0.5, 0.6) is 5.75 Å². The van der Waals surface area contributed by atoms with Crippen molar-refractivity contribution in [3.05, 3.63) is 61.5 Å². The van der Waals surface area contributed by atoms with Gasteiger partial charge >= 0.3 is 0 Å². The van der Waals surface area contributed by atoms with E-state index >= 15 is 0 Å². The number of aliphatic hydroxyl groups is 1. The largest absolute Gasteiger partial charge is 0.485 e. The molecule has 2 aromatic rings. The van der Waals surface area contributed by atoms with E-state index in [1.807, 2.05) is 36.4 Å². The van der Waals surface area contributed by atoms with Gasteiger partial charge in [-0.1, -0.05) is 55.6 Å². The molecule has 0 aliphatic carbocycles. The minimum absolute atomic E-state index is 0.196. The van der Waals surface area contributed by atoms with Gasteiger partial charge in [0.25, 0.3) is 0 Å². The molecule has 1 N–H and O–H groups in total. The van der Waals surface area contributed by atoms with Crippen LogP contribution in [0.1, 0.15) is 29.8 Å². The van der Waals surface area contributed by atoms with Crippen molar-refractivity contribution in [2.75, 3.05) is 0 Å². The number of hydrogen-bond donors (Lipinski definition) is 1.